The van der Waals surface area contributed by atoms with E-state index in [1.54, 1.807) is 0 Å². The van der Waals surface area contributed by atoms with Crippen molar-refractivity contribution in [3.05, 3.63) is 35.5 Å². The van der Waals surface area contributed by atoms with Crippen molar-refractivity contribution < 1.29 is 9.53 Å². The van der Waals surface area contributed by atoms with Gasteiger partial charge in [-0.25, -0.2) is 4.79 Å². The van der Waals surface area contributed by atoms with Gasteiger partial charge in [0.2, 0.25) is 0 Å². The molecular weight excluding hydrogens is 252 g/mol. The van der Waals surface area contributed by atoms with E-state index >= 15 is 0 Å². The molecule has 1 aromatic heterocycles. The van der Waals surface area contributed by atoms with Gasteiger partial charge in [-0.15, -0.1) is 0 Å². The quantitative estimate of drug-likeness (QED) is 0.902. The molecule has 2 N–H and O–H groups in total. The Bertz CT molecular complexity index is 630. The van der Waals surface area contributed by atoms with Crippen LogP contribution in [-0.2, 0) is 17.6 Å². The highest BCUT2D eigenvalue weighted by Crippen LogP contribution is 2.29. The fourth-order valence-electron chi connectivity index (χ4n) is 2.78. The van der Waals surface area contributed by atoms with Crippen LogP contribution in [0.15, 0.2) is 24.3 Å². The number of aromatic amines is 1. The normalized spacial score (nSPS) is 17.4. The second-order valence-electron chi connectivity index (χ2n) is 5.87. The van der Waals surface area contributed by atoms with Gasteiger partial charge >= 0.3 is 6.09 Å². The van der Waals surface area contributed by atoms with E-state index in [2.05, 4.69) is 22.4 Å². The van der Waals surface area contributed by atoms with E-state index in [1.165, 1.54) is 22.2 Å². The van der Waals surface area contributed by atoms with Gasteiger partial charge < -0.3 is 15.0 Å². The number of amides is 1. The van der Waals surface area contributed by atoms with Crippen LogP contribution in [0, 0.1) is 5.92 Å². The summed E-state index contributed by atoms with van der Waals surface area (Å²) in [5.74, 6) is 0.362. The van der Waals surface area contributed by atoms with Crippen LogP contribution in [0.5, 0.6) is 0 Å². The summed E-state index contributed by atoms with van der Waals surface area (Å²) < 4.78 is 5.17. The molecule has 0 saturated carbocycles. The molecule has 2 aromatic rings. The molecule has 0 bridgehead atoms. The second-order valence-corrected chi connectivity index (χ2v) is 5.87. The number of para-hydroxylation sites is 1. The van der Waals surface area contributed by atoms with Crippen LogP contribution in [0.2, 0.25) is 0 Å². The minimum Gasteiger partial charge on any atom is -0.449 e. The Morgan fingerprint density at radius 3 is 3.00 bits per heavy atom. The number of hydrogen-bond acceptors (Lipinski definition) is 2. The molecular formula is C16H20N2O2. The SMILES string of the molecule is CC(C)COC(=O)NC1Cc2[nH]c3ccccc3c2C1. The predicted octanol–water partition coefficient (Wildman–Crippen LogP) is 3.02. The molecule has 0 fully saturated rings. The molecule has 4 heteroatoms. The molecule has 1 aliphatic carbocycles. The number of aromatic nitrogens is 1. The molecule has 1 atom stereocenters. The average molecular weight is 272 g/mol. The third kappa shape index (κ3) is 2.50. The highest BCUT2D eigenvalue weighted by Gasteiger charge is 2.26. The maximum atomic E-state index is 11.7. The van der Waals surface area contributed by atoms with Gasteiger partial charge in [-0.1, -0.05) is 32.0 Å². The Morgan fingerprint density at radius 1 is 1.40 bits per heavy atom. The van der Waals surface area contributed by atoms with Crippen LogP contribution in [0.4, 0.5) is 4.79 Å². The van der Waals surface area contributed by atoms with Crippen LogP contribution < -0.4 is 5.32 Å². The Morgan fingerprint density at radius 2 is 2.20 bits per heavy atom. The number of nitrogens with one attached hydrogen (secondary N) is 2. The number of carbonyl (C=O) groups excluding carboxylic acids is 1. The molecule has 1 unspecified atom stereocenters. The van der Waals surface area contributed by atoms with E-state index in [-0.39, 0.29) is 12.1 Å². The minimum atomic E-state index is -0.307. The predicted molar refractivity (Wildman–Crippen MR) is 78.8 cm³/mol. The molecule has 1 heterocycles. The summed E-state index contributed by atoms with van der Waals surface area (Å²) >= 11 is 0. The lowest BCUT2D eigenvalue weighted by molar-refractivity contribution is 0.129. The summed E-state index contributed by atoms with van der Waals surface area (Å²) in [6.07, 6.45) is 1.41. The van der Waals surface area contributed by atoms with Gasteiger partial charge in [-0.05, 0) is 24.0 Å². The van der Waals surface area contributed by atoms with Crippen molar-refractivity contribution in [2.75, 3.05) is 6.61 Å². The molecule has 1 amide bonds. The van der Waals surface area contributed by atoms with Gasteiger partial charge in [-0.2, -0.15) is 0 Å². The van der Waals surface area contributed by atoms with Crippen molar-refractivity contribution >= 4 is 17.0 Å². The monoisotopic (exact) mass is 272 g/mol. The van der Waals surface area contributed by atoms with Crippen molar-refractivity contribution in [2.24, 2.45) is 5.92 Å². The zero-order valence-corrected chi connectivity index (χ0v) is 11.9. The summed E-state index contributed by atoms with van der Waals surface area (Å²) in [4.78, 5) is 15.1. The van der Waals surface area contributed by atoms with E-state index in [0.29, 0.717) is 12.5 Å². The highest BCUT2D eigenvalue weighted by molar-refractivity contribution is 5.85. The number of H-pyrrole nitrogens is 1. The van der Waals surface area contributed by atoms with E-state index in [0.717, 1.165) is 12.8 Å². The van der Waals surface area contributed by atoms with Gasteiger partial charge in [0.1, 0.15) is 0 Å². The molecule has 4 nitrogen and oxygen atoms in total. The van der Waals surface area contributed by atoms with Crippen LogP contribution in [-0.4, -0.2) is 23.7 Å². The number of carbonyl (C=O) groups is 1. The van der Waals surface area contributed by atoms with E-state index in [4.69, 9.17) is 4.74 Å². The Hall–Kier alpha value is -1.97. The third-order valence-corrected chi connectivity index (χ3v) is 3.67. The minimum absolute atomic E-state index is 0.139. The number of ether oxygens (including phenoxy) is 1. The van der Waals surface area contributed by atoms with Crippen molar-refractivity contribution in [3.63, 3.8) is 0 Å². The first-order valence-electron chi connectivity index (χ1n) is 7.15. The summed E-state index contributed by atoms with van der Waals surface area (Å²) in [7, 11) is 0. The van der Waals surface area contributed by atoms with Gasteiger partial charge in [0.15, 0.2) is 0 Å². The fourth-order valence-corrected chi connectivity index (χ4v) is 2.78. The van der Waals surface area contributed by atoms with Crippen molar-refractivity contribution in [1.29, 1.82) is 0 Å². The average Bonchev–Trinajstić information content (AvgIpc) is 2.93. The molecule has 0 aliphatic heterocycles. The van der Waals surface area contributed by atoms with Crippen LogP contribution in [0.3, 0.4) is 0 Å². The number of hydrogen-bond donors (Lipinski definition) is 2. The summed E-state index contributed by atoms with van der Waals surface area (Å²) in [6, 6.07) is 8.44. The van der Waals surface area contributed by atoms with Gasteiger partial charge in [-0.3, -0.25) is 0 Å². The maximum Gasteiger partial charge on any atom is 0.407 e. The van der Waals surface area contributed by atoms with Crippen molar-refractivity contribution in [1.82, 2.24) is 10.3 Å². The lowest BCUT2D eigenvalue weighted by atomic mass is 10.1. The Balaban J connectivity index is 1.64. The fraction of sp³-hybridized carbons (Fsp3) is 0.438. The zero-order chi connectivity index (χ0) is 14.1. The lowest BCUT2D eigenvalue weighted by Gasteiger charge is -2.13. The van der Waals surface area contributed by atoms with E-state index < -0.39 is 0 Å². The molecule has 0 saturated heterocycles. The number of benzene rings is 1. The molecule has 0 spiro atoms. The van der Waals surface area contributed by atoms with Crippen LogP contribution in [0.1, 0.15) is 25.1 Å². The van der Waals surface area contributed by atoms with Crippen LogP contribution in [0.25, 0.3) is 10.9 Å². The van der Waals surface area contributed by atoms with E-state index in [9.17, 15) is 4.79 Å². The van der Waals surface area contributed by atoms with Gasteiger partial charge in [0, 0.05) is 29.1 Å². The van der Waals surface area contributed by atoms with Gasteiger partial charge in [0.05, 0.1) is 6.61 Å². The Labute approximate surface area is 118 Å². The first-order valence-corrected chi connectivity index (χ1v) is 7.15. The molecule has 1 aliphatic rings. The highest BCUT2D eigenvalue weighted by atomic mass is 16.5. The zero-order valence-electron chi connectivity index (χ0n) is 11.9. The second kappa shape index (κ2) is 5.19. The molecule has 20 heavy (non-hydrogen) atoms. The maximum absolute atomic E-state index is 11.7. The number of fused-ring (bicyclic) bond motifs is 3. The van der Waals surface area contributed by atoms with Crippen LogP contribution >= 0.6 is 0 Å². The third-order valence-electron chi connectivity index (χ3n) is 3.67. The summed E-state index contributed by atoms with van der Waals surface area (Å²) in [6.45, 7) is 4.52. The Kier molecular flexibility index (Phi) is 3.38. The molecule has 106 valence electrons. The molecule has 1 aromatic carbocycles. The van der Waals surface area contributed by atoms with Crippen molar-refractivity contribution in [2.45, 2.75) is 32.7 Å². The molecule has 3 rings (SSSR count). The number of rotatable bonds is 3. The topological polar surface area (TPSA) is 54.1 Å². The first kappa shape index (κ1) is 13.0. The summed E-state index contributed by atoms with van der Waals surface area (Å²) in [5.41, 5.74) is 3.74. The van der Waals surface area contributed by atoms with Crippen molar-refractivity contribution in [3.8, 4) is 0 Å². The number of alkyl carbamates (subject to hydrolysis) is 1. The van der Waals surface area contributed by atoms with E-state index in [1.807, 2.05) is 26.0 Å². The largest absolute Gasteiger partial charge is 0.449 e. The van der Waals surface area contributed by atoms with Gasteiger partial charge in [0.25, 0.3) is 0 Å². The molecule has 0 radical (unpaired) electrons. The summed E-state index contributed by atoms with van der Waals surface area (Å²) in [5, 5.41) is 4.22. The smallest absolute Gasteiger partial charge is 0.407 e. The lowest BCUT2D eigenvalue weighted by Crippen LogP contribution is -2.36. The standard InChI is InChI=1S/C16H20N2O2/c1-10(2)9-20-16(19)17-11-7-13-12-5-3-4-6-14(12)18-15(13)8-11/h3-6,10-11,18H,7-9H2,1-2H3,(H,17,19). The first-order chi connectivity index (χ1) is 9.63.